The van der Waals surface area contributed by atoms with Crippen molar-refractivity contribution in [1.82, 2.24) is 0 Å². The molecule has 0 saturated heterocycles. The molecule has 88 valence electrons. The molecule has 2 aromatic rings. The van der Waals surface area contributed by atoms with Crippen LogP contribution < -0.4 is 5.63 Å². The van der Waals surface area contributed by atoms with Crippen molar-refractivity contribution >= 4 is 16.8 Å². The molecule has 0 spiro atoms. The second-order valence-corrected chi connectivity index (χ2v) is 3.84. The number of Topliss-reactive ketones (excluding diaryl/α,β-unsaturated/α-hetero) is 1. The van der Waals surface area contributed by atoms with Crippen molar-refractivity contribution in [3.8, 4) is 5.75 Å². The number of hydrogen-bond donors (Lipinski definition) is 1. The molecule has 0 aliphatic carbocycles. The standard InChI is InChI=1S/C13H12O4/c1-2-3-11(15)10-6-8-4-5-9(14)7-12(8)17-13(10)16/h4-7,14H,2-3H2,1H3. The summed E-state index contributed by atoms with van der Waals surface area (Å²) < 4.78 is 5.00. The highest BCUT2D eigenvalue weighted by atomic mass is 16.4. The highest BCUT2D eigenvalue weighted by molar-refractivity contribution is 5.98. The molecular weight excluding hydrogens is 220 g/mol. The molecule has 4 heteroatoms. The molecular formula is C13H12O4. The Balaban J connectivity index is 2.60. The van der Waals surface area contributed by atoms with Gasteiger partial charge in [-0.25, -0.2) is 4.79 Å². The summed E-state index contributed by atoms with van der Waals surface area (Å²) in [6, 6.07) is 5.95. The van der Waals surface area contributed by atoms with E-state index in [2.05, 4.69) is 0 Å². The number of hydrogen-bond acceptors (Lipinski definition) is 4. The summed E-state index contributed by atoms with van der Waals surface area (Å²) in [6.07, 6.45) is 1.01. The Bertz CT molecular complexity index is 625. The fourth-order valence-electron chi connectivity index (χ4n) is 1.66. The summed E-state index contributed by atoms with van der Waals surface area (Å²) in [5.41, 5.74) is -0.297. The summed E-state index contributed by atoms with van der Waals surface area (Å²) in [7, 11) is 0. The number of phenolic OH excluding ortho intramolecular Hbond substituents is 1. The van der Waals surface area contributed by atoms with Crippen molar-refractivity contribution in [2.45, 2.75) is 19.8 Å². The average Bonchev–Trinajstić information content (AvgIpc) is 2.28. The highest BCUT2D eigenvalue weighted by Gasteiger charge is 2.12. The van der Waals surface area contributed by atoms with Gasteiger partial charge in [0, 0.05) is 17.9 Å². The van der Waals surface area contributed by atoms with Crippen LogP contribution in [0.4, 0.5) is 0 Å². The Kier molecular flexibility index (Phi) is 2.95. The Labute approximate surface area is 97.5 Å². The number of carbonyl (C=O) groups excluding carboxylic acids is 1. The second kappa shape index (κ2) is 4.41. The Morgan fingerprint density at radius 1 is 1.35 bits per heavy atom. The molecule has 0 atom stereocenters. The molecule has 1 aromatic heterocycles. The van der Waals surface area contributed by atoms with Gasteiger partial charge in [-0.05, 0) is 24.6 Å². The van der Waals surface area contributed by atoms with Gasteiger partial charge in [0.05, 0.1) is 0 Å². The van der Waals surface area contributed by atoms with Gasteiger partial charge in [-0.2, -0.15) is 0 Å². The van der Waals surface area contributed by atoms with Crippen LogP contribution >= 0.6 is 0 Å². The molecule has 2 rings (SSSR count). The molecule has 0 fully saturated rings. The van der Waals surface area contributed by atoms with Gasteiger partial charge in [0.15, 0.2) is 5.78 Å². The monoisotopic (exact) mass is 232 g/mol. The average molecular weight is 232 g/mol. The largest absolute Gasteiger partial charge is 0.508 e. The molecule has 0 saturated carbocycles. The fourth-order valence-corrected chi connectivity index (χ4v) is 1.66. The Morgan fingerprint density at radius 2 is 2.12 bits per heavy atom. The van der Waals surface area contributed by atoms with Gasteiger partial charge in [-0.1, -0.05) is 6.92 Å². The quantitative estimate of drug-likeness (QED) is 0.652. The van der Waals surface area contributed by atoms with Gasteiger partial charge >= 0.3 is 5.63 Å². The van der Waals surface area contributed by atoms with Gasteiger partial charge in [0.1, 0.15) is 16.9 Å². The molecule has 1 aromatic carbocycles. The minimum absolute atomic E-state index is 0.0216. The molecule has 0 aliphatic heterocycles. The van der Waals surface area contributed by atoms with E-state index in [0.29, 0.717) is 18.2 Å². The first-order chi connectivity index (χ1) is 8.11. The predicted molar refractivity (Wildman–Crippen MR) is 63.4 cm³/mol. The van der Waals surface area contributed by atoms with E-state index in [-0.39, 0.29) is 22.7 Å². The predicted octanol–water partition coefficient (Wildman–Crippen LogP) is 2.48. The molecule has 17 heavy (non-hydrogen) atoms. The van der Waals surface area contributed by atoms with Crippen molar-refractivity contribution in [1.29, 1.82) is 0 Å². The molecule has 0 radical (unpaired) electrons. The lowest BCUT2D eigenvalue weighted by atomic mass is 10.1. The first-order valence-electron chi connectivity index (χ1n) is 5.42. The summed E-state index contributed by atoms with van der Waals surface area (Å²) in [4.78, 5) is 23.3. The summed E-state index contributed by atoms with van der Waals surface area (Å²) in [6.45, 7) is 1.87. The van der Waals surface area contributed by atoms with Gasteiger partial charge in [0.2, 0.25) is 0 Å². The first kappa shape index (κ1) is 11.4. The fraction of sp³-hybridized carbons (Fsp3) is 0.231. The Morgan fingerprint density at radius 3 is 2.82 bits per heavy atom. The van der Waals surface area contributed by atoms with Crippen molar-refractivity contribution in [3.63, 3.8) is 0 Å². The third kappa shape index (κ3) is 2.20. The third-order valence-electron chi connectivity index (χ3n) is 2.50. The number of rotatable bonds is 3. The molecule has 1 N–H and O–H groups in total. The minimum atomic E-state index is -0.651. The first-order valence-corrected chi connectivity index (χ1v) is 5.42. The van der Waals surface area contributed by atoms with Crippen LogP contribution in [0.15, 0.2) is 33.5 Å². The lowest BCUT2D eigenvalue weighted by molar-refractivity contribution is 0.0978. The summed E-state index contributed by atoms with van der Waals surface area (Å²) in [5, 5.41) is 9.88. The zero-order valence-corrected chi connectivity index (χ0v) is 9.40. The van der Waals surface area contributed by atoms with E-state index in [9.17, 15) is 14.7 Å². The number of ketones is 1. The van der Waals surface area contributed by atoms with E-state index >= 15 is 0 Å². The van der Waals surface area contributed by atoms with Crippen molar-refractivity contribution < 1.29 is 14.3 Å². The van der Waals surface area contributed by atoms with Crippen molar-refractivity contribution in [2.75, 3.05) is 0 Å². The lowest BCUT2D eigenvalue weighted by Gasteiger charge is -2.01. The van der Waals surface area contributed by atoms with Crippen LogP contribution in [0.25, 0.3) is 11.0 Å². The van der Waals surface area contributed by atoms with E-state index in [0.717, 1.165) is 0 Å². The normalized spacial score (nSPS) is 10.6. The summed E-state index contributed by atoms with van der Waals surface area (Å²) in [5.74, 6) is -0.190. The molecule has 0 unspecified atom stereocenters. The maximum atomic E-state index is 11.7. The van der Waals surface area contributed by atoms with E-state index in [1.165, 1.54) is 18.2 Å². The maximum absolute atomic E-state index is 11.7. The van der Waals surface area contributed by atoms with Crippen LogP contribution in [0.5, 0.6) is 5.75 Å². The Hall–Kier alpha value is -2.10. The van der Waals surface area contributed by atoms with Crippen LogP contribution in [0.2, 0.25) is 0 Å². The van der Waals surface area contributed by atoms with E-state index in [1.807, 2.05) is 6.92 Å². The topological polar surface area (TPSA) is 67.5 Å². The smallest absolute Gasteiger partial charge is 0.347 e. The molecule has 1 heterocycles. The van der Waals surface area contributed by atoms with Crippen molar-refractivity contribution in [3.05, 3.63) is 40.2 Å². The maximum Gasteiger partial charge on any atom is 0.347 e. The number of benzene rings is 1. The van der Waals surface area contributed by atoms with E-state index < -0.39 is 5.63 Å². The molecule has 4 nitrogen and oxygen atoms in total. The second-order valence-electron chi connectivity index (χ2n) is 3.84. The lowest BCUT2D eigenvalue weighted by Crippen LogP contribution is -2.13. The van der Waals surface area contributed by atoms with Crippen molar-refractivity contribution in [2.24, 2.45) is 0 Å². The van der Waals surface area contributed by atoms with Crippen LogP contribution in [0.3, 0.4) is 0 Å². The van der Waals surface area contributed by atoms with Crippen LogP contribution in [0, 0.1) is 0 Å². The van der Waals surface area contributed by atoms with E-state index in [4.69, 9.17) is 4.42 Å². The molecule has 0 aliphatic rings. The summed E-state index contributed by atoms with van der Waals surface area (Å²) >= 11 is 0. The zero-order chi connectivity index (χ0) is 12.4. The van der Waals surface area contributed by atoms with Crippen LogP contribution in [-0.4, -0.2) is 10.9 Å². The number of aromatic hydroxyl groups is 1. The highest BCUT2D eigenvalue weighted by Crippen LogP contribution is 2.19. The van der Waals surface area contributed by atoms with E-state index in [1.54, 1.807) is 6.07 Å². The van der Waals surface area contributed by atoms with Gasteiger partial charge < -0.3 is 9.52 Å². The van der Waals surface area contributed by atoms with Crippen LogP contribution in [-0.2, 0) is 0 Å². The van der Waals surface area contributed by atoms with Gasteiger partial charge in [-0.15, -0.1) is 0 Å². The third-order valence-corrected chi connectivity index (χ3v) is 2.50. The number of fused-ring (bicyclic) bond motifs is 1. The zero-order valence-electron chi connectivity index (χ0n) is 9.40. The SMILES string of the molecule is CCCC(=O)c1cc2ccc(O)cc2oc1=O. The number of carbonyl (C=O) groups is 1. The van der Waals surface area contributed by atoms with Crippen LogP contribution in [0.1, 0.15) is 30.1 Å². The molecule has 0 amide bonds. The van der Waals surface area contributed by atoms with Gasteiger partial charge in [-0.3, -0.25) is 4.79 Å². The van der Waals surface area contributed by atoms with Gasteiger partial charge in [0.25, 0.3) is 0 Å². The molecule has 0 bridgehead atoms. The minimum Gasteiger partial charge on any atom is -0.508 e. The number of phenols is 1.